The van der Waals surface area contributed by atoms with Crippen molar-refractivity contribution in [1.82, 2.24) is 9.88 Å². The number of anilines is 1. The number of hydrogen-bond acceptors (Lipinski definition) is 3. The van der Waals surface area contributed by atoms with Crippen LogP contribution in [0.1, 0.15) is 56.6 Å². The van der Waals surface area contributed by atoms with Crippen LogP contribution in [0.4, 0.5) is 5.82 Å². The van der Waals surface area contributed by atoms with Crippen LogP contribution >= 0.6 is 0 Å². The van der Waals surface area contributed by atoms with E-state index < -0.39 is 0 Å². The van der Waals surface area contributed by atoms with Crippen molar-refractivity contribution in [2.75, 3.05) is 18.9 Å². The van der Waals surface area contributed by atoms with Crippen LogP contribution in [0.25, 0.3) is 0 Å². The minimum Gasteiger partial charge on any atom is -0.373 e. The van der Waals surface area contributed by atoms with Gasteiger partial charge in [0.15, 0.2) is 0 Å². The Hall–Kier alpha value is -1.58. The van der Waals surface area contributed by atoms with Gasteiger partial charge in [0, 0.05) is 36.3 Å². The summed E-state index contributed by atoms with van der Waals surface area (Å²) in [5.74, 6) is 0.882. The molecule has 0 saturated heterocycles. The summed E-state index contributed by atoms with van der Waals surface area (Å²) in [5.41, 5.74) is 1.61. The maximum Gasteiger partial charge on any atom is 0.254 e. The highest BCUT2D eigenvalue weighted by Crippen LogP contribution is 2.29. The second kappa shape index (κ2) is 5.43. The number of aromatic nitrogens is 1. The molecule has 1 saturated carbocycles. The molecule has 110 valence electrons. The molecule has 0 unspecified atom stereocenters. The Morgan fingerprint density at radius 2 is 2.05 bits per heavy atom. The quantitative estimate of drug-likeness (QED) is 0.918. The lowest BCUT2D eigenvalue weighted by Gasteiger charge is -2.23. The number of pyridine rings is 1. The Morgan fingerprint density at radius 3 is 2.50 bits per heavy atom. The first kappa shape index (κ1) is 14.8. The molecule has 1 aliphatic carbocycles. The summed E-state index contributed by atoms with van der Waals surface area (Å²) in [6.45, 7) is 9.15. The third-order valence-electron chi connectivity index (χ3n) is 3.69. The zero-order valence-corrected chi connectivity index (χ0v) is 13.2. The van der Waals surface area contributed by atoms with Gasteiger partial charge in [0.25, 0.3) is 5.91 Å². The lowest BCUT2D eigenvalue weighted by molar-refractivity contribution is 0.0752. The molecule has 0 atom stereocenters. The average Bonchev–Trinajstić information content (AvgIpc) is 3.22. The number of carbonyl (C=O) groups is 1. The first-order valence-corrected chi connectivity index (χ1v) is 7.38. The van der Waals surface area contributed by atoms with E-state index in [1.54, 1.807) is 0 Å². The van der Waals surface area contributed by atoms with Crippen molar-refractivity contribution in [2.24, 2.45) is 0 Å². The fourth-order valence-corrected chi connectivity index (χ4v) is 2.29. The molecule has 4 heteroatoms. The van der Waals surface area contributed by atoms with Crippen LogP contribution in [0, 0.1) is 0 Å². The van der Waals surface area contributed by atoms with Crippen molar-refractivity contribution < 1.29 is 4.79 Å². The van der Waals surface area contributed by atoms with Gasteiger partial charge in [-0.3, -0.25) is 4.79 Å². The third-order valence-corrected chi connectivity index (χ3v) is 3.69. The van der Waals surface area contributed by atoms with Crippen molar-refractivity contribution in [2.45, 2.75) is 52.0 Å². The van der Waals surface area contributed by atoms with Gasteiger partial charge in [-0.25, -0.2) is 4.98 Å². The van der Waals surface area contributed by atoms with E-state index >= 15 is 0 Å². The summed E-state index contributed by atoms with van der Waals surface area (Å²) in [6.07, 6.45) is 2.27. The second-order valence-corrected chi connectivity index (χ2v) is 6.45. The summed E-state index contributed by atoms with van der Waals surface area (Å²) < 4.78 is 0. The normalized spacial score (nSPS) is 15.1. The predicted molar refractivity (Wildman–Crippen MR) is 82.2 cm³/mol. The van der Waals surface area contributed by atoms with Crippen LogP contribution in [0.2, 0.25) is 0 Å². The Kier molecular flexibility index (Phi) is 4.02. The Bertz CT molecular complexity index is 501. The van der Waals surface area contributed by atoms with Gasteiger partial charge >= 0.3 is 0 Å². The summed E-state index contributed by atoms with van der Waals surface area (Å²) >= 11 is 0. The van der Waals surface area contributed by atoms with Gasteiger partial charge in [0.1, 0.15) is 5.82 Å². The molecule has 1 amide bonds. The van der Waals surface area contributed by atoms with E-state index in [1.807, 2.05) is 31.0 Å². The molecule has 4 nitrogen and oxygen atoms in total. The first-order chi connectivity index (χ1) is 9.36. The highest BCUT2D eigenvalue weighted by atomic mass is 16.2. The number of hydrogen-bond donors (Lipinski definition) is 1. The zero-order valence-electron chi connectivity index (χ0n) is 13.2. The number of nitrogens with one attached hydrogen (secondary N) is 1. The predicted octanol–water partition coefficient (Wildman–Crippen LogP) is 3.05. The van der Waals surface area contributed by atoms with E-state index in [0.717, 1.165) is 36.5 Å². The molecule has 0 aromatic carbocycles. The van der Waals surface area contributed by atoms with E-state index in [-0.39, 0.29) is 11.3 Å². The summed E-state index contributed by atoms with van der Waals surface area (Å²) in [5, 5.41) is 3.05. The summed E-state index contributed by atoms with van der Waals surface area (Å²) in [4.78, 5) is 19.2. The largest absolute Gasteiger partial charge is 0.373 e. The standard InChI is InChI=1S/C16H25N3O/c1-6-19(12-7-8-12)15(20)11-9-13(16(2,3)4)18-14(10-11)17-5/h9-10,12H,6-8H2,1-5H3,(H,17,18). The topological polar surface area (TPSA) is 45.2 Å². The third kappa shape index (κ3) is 3.11. The first-order valence-electron chi connectivity index (χ1n) is 7.38. The van der Waals surface area contributed by atoms with Crippen molar-refractivity contribution in [1.29, 1.82) is 0 Å². The summed E-state index contributed by atoms with van der Waals surface area (Å²) in [6, 6.07) is 4.23. The van der Waals surface area contributed by atoms with Gasteiger partial charge in [0.05, 0.1) is 0 Å². The van der Waals surface area contributed by atoms with Crippen molar-refractivity contribution in [3.8, 4) is 0 Å². The Labute approximate surface area is 121 Å². The van der Waals surface area contributed by atoms with Crippen LogP contribution < -0.4 is 5.32 Å². The van der Waals surface area contributed by atoms with Gasteiger partial charge in [0.2, 0.25) is 0 Å². The molecule has 1 aromatic rings. The summed E-state index contributed by atoms with van der Waals surface area (Å²) in [7, 11) is 1.83. The Morgan fingerprint density at radius 1 is 1.40 bits per heavy atom. The highest BCUT2D eigenvalue weighted by molar-refractivity contribution is 5.95. The molecule has 0 aliphatic heterocycles. The van der Waals surface area contributed by atoms with E-state index in [2.05, 4.69) is 31.1 Å². The molecular formula is C16H25N3O. The second-order valence-electron chi connectivity index (χ2n) is 6.45. The van der Waals surface area contributed by atoms with Crippen LogP contribution in [0.3, 0.4) is 0 Å². The lowest BCUT2D eigenvalue weighted by Crippen LogP contribution is -2.33. The molecule has 20 heavy (non-hydrogen) atoms. The van der Waals surface area contributed by atoms with Crippen molar-refractivity contribution in [3.63, 3.8) is 0 Å². The van der Waals surface area contributed by atoms with Crippen molar-refractivity contribution in [3.05, 3.63) is 23.4 Å². The maximum atomic E-state index is 12.7. The van der Waals surface area contributed by atoms with Gasteiger partial charge in [-0.2, -0.15) is 0 Å². The number of carbonyl (C=O) groups excluding carboxylic acids is 1. The van der Waals surface area contributed by atoms with E-state index in [0.29, 0.717) is 6.04 Å². The molecule has 1 fully saturated rings. The van der Waals surface area contributed by atoms with E-state index in [4.69, 9.17) is 0 Å². The number of amides is 1. The smallest absolute Gasteiger partial charge is 0.254 e. The Balaban J connectivity index is 2.37. The van der Waals surface area contributed by atoms with E-state index in [9.17, 15) is 4.79 Å². The molecular weight excluding hydrogens is 250 g/mol. The van der Waals surface area contributed by atoms with E-state index in [1.165, 1.54) is 0 Å². The zero-order chi connectivity index (χ0) is 14.9. The van der Waals surface area contributed by atoms with Gasteiger partial charge in [-0.15, -0.1) is 0 Å². The monoisotopic (exact) mass is 275 g/mol. The molecule has 0 bridgehead atoms. The minimum absolute atomic E-state index is 0.0709. The average molecular weight is 275 g/mol. The number of nitrogens with zero attached hydrogens (tertiary/aromatic N) is 2. The van der Waals surface area contributed by atoms with Gasteiger partial charge in [-0.05, 0) is 31.9 Å². The maximum absolute atomic E-state index is 12.7. The van der Waals surface area contributed by atoms with Crippen LogP contribution in [-0.2, 0) is 5.41 Å². The van der Waals surface area contributed by atoms with Gasteiger partial charge < -0.3 is 10.2 Å². The molecule has 1 aromatic heterocycles. The minimum atomic E-state index is -0.0709. The number of rotatable bonds is 4. The SMILES string of the molecule is CCN(C(=O)c1cc(NC)nc(C(C)(C)C)c1)C1CC1. The lowest BCUT2D eigenvalue weighted by atomic mass is 9.90. The van der Waals surface area contributed by atoms with Crippen molar-refractivity contribution >= 4 is 11.7 Å². The van der Waals surface area contributed by atoms with Crippen LogP contribution in [-0.4, -0.2) is 35.4 Å². The molecule has 1 aliphatic rings. The fraction of sp³-hybridized carbons (Fsp3) is 0.625. The van der Waals surface area contributed by atoms with Crippen LogP contribution in [0.15, 0.2) is 12.1 Å². The molecule has 2 rings (SSSR count). The molecule has 0 spiro atoms. The van der Waals surface area contributed by atoms with Crippen LogP contribution in [0.5, 0.6) is 0 Å². The van der Waals surface area contributed by atoms with Gasteiger partial charge in [-0.1, -0.05) is 20.8 Å². The molecule has 1 heterocycles. The highest BCUT2D eigenvalue weighted by Gasteiger charge is 2.32. The molecule has 0 radical (unpaired) electrons. The molecule has 1 N–H and O–H groups in total. The fourth-order valence-electron chi connectivity index (χ4n) is 2.29.